The molecule has 0 aliphatic heterocycles. The zero-order chi connectivity index (χ0) is 14.1. The van der Waals surface area contributed by atoms with Crippen molar-refractivity contribution in [2.45, 2.75) is 25.6 Å². The molecule has 1 aromatic rings. The number of hydrogen-bond donors (Lipinski definition) is 3. The quantitative estimate of drug-likeness (QED) is 0.606. The second kappa shape index (κ2) is 9.28. The molecule has 108 valence electrons. The summed E-state index contributed by atoms with van der Waals surface area (Å²) in [5, 5.41) is 22.1. The van der Waals surface area contributed by atoms with E-state index in [1.54, 1.807) is 0 Å². The summed E-state index contributed by atoms with van der Waals surface area (Å²) in [6, 6.07) is 7.48. The third-order valence-electron chi connectivity index (χ3n) is 2.77. The first-order chi connectivity index (χ1) is 9.13. The highest BCUT2D eigenvalue weighted by Crippen LogP contribution is 2.19. The molecule has 1 aromatic carbocycles. The molecule has 4 nitrogen and oxygen atoms in total. The van der Waals surface area contributed by atoms with Crippen LogP contribution >= 0.6 is 11.6 Å². The summed E-state index contributed by atoms with van der Waals surface area (Å²) < 4.78 is 5.60. The monoisotopic (exact) mass is 287 g/mol. The highest BCUT2D eigenvalue weighted by atomic mass is 35.5. The van der Waals surface area contributed by atoms with Crippen LogP contribution in [-0.2, 0) is 4.74 Å². The molecule has 3 N–H and O–H groups in total. The second-order valence-electron chi connectivity index (χ2n) is 4.46. The fraction of sp³-hybridized carbons (Fsp3) is 0.571. The topological polar surface area (TPSA) is 61.7 Å². The van der Waals surface area contributed by atoms with Crippen molar-refractivity contribution in [1.82, 2.24) is 5.32 Å². The van der Waals surface area contributed by atoms with Gasteiger partial charge in [0.25, 0.3) is 0 Å². The molecule has 0 radical (unpaired) electrons. The number of aliphatic hydroxyl groups is 2. The number of rotatable bonds is 9. The van der Waals surface area contributed by atoms with Crippen molar-refractivity contribution in [3.05, 3.63) is 34.9 Å². The molecule has 0 fully saturated rings. The number of hydrogen-bond acceptors (Lipinski definition) is 4. The summed E-state index contributed by atoms with van der Waals surface area (Å²) in [5.74, 6) is 0. The molecule has 0 amide bonds. The van der Waals surface area contributed by atoms with Crippen LogP contribution < -0.4 is 5.32 Å². The van der Waals surface area contributed by atoms with E-state index in [9.17, 15) is 5.11 Å². The molecule has 0 aliphatic carbocycles. The number of nitrogens with one attached hydrogen (secondary N) is 1. The molecule has 0 saturated carbocycles. The van der Waals surface area contributed by atoms with Gasteiger partial charge in [-0.15, -0.1) is 0 Å². The lowest BCUT2D eigenvalue weighted by atomic mass is 10.1. The fourth-order valence-corrected chi connectivity index (χ4v) is 1.74. The van der Waals surface area contributed by atoms with Crippen molar-refractivity contribution >= 4 is 11.6 Å². The molecule has 0 spiro atoms. The molecule has 0 bridgehead atoms. The zero-order valence-electron chi connectivity index (χ0n) is 11.2. The largest absolute Gasteiger partial charge is 0.396 e. The number of halogens is 1. The van der Waals surface area contributed by atoms with Gasteiger partial charge in [-0.1, -0.05) is 23.7 Å². The molecule has 0 aliphatic rings. The van der Waals surface area contributed by atoms with Crippen LogP contribution in [-0.4, -0.2) is 42.6 Å². The smallest absolute Gasteiger partial charge is 0.0897 e. The lowest BCUT2D eigenvalue weighted by Crippen LogP contribution is -2.31. The lowest BCUT2D eigenvalue weighted by molar-refractivity contribution is -0.00203. The van der Waals surface area contributed by atoms with E-state index in [0.29, 0.717) is 24.5 Å². The highest BCUT2D eigenvalue weighted by molar-refractivity contribution is 6.30. The SMILES string of the molecule is C[C@@H](OC[C@H](O)CNCCCO)c1ccc(Cl)cc1. The van der Waals surface area contributed by atoms with Crippen LogP contribution in [0.3, 0.4) is 0 Å². The van der Waals surface area contributed by atoms with Gasteiger partial charge in [-0.05, 0) is 37.6 Å². The summed E-state index contributed by atoms with van der Waals surface area (Å²) in [4.78, 5) is 0. The average Bonchev–Trinajstić information content (AvgIpc) is 2.42. The van der Waals surface area contributed by atoms with E-state index in [0.717, 1.165) is 5.56 Å². The van der Waals surface area contributed by atoms with Gasteiger partial charge in [0.15, 0.2) is 0 Å². The number of ether oxygens (including phenoxy) is 1. The van der Waals surface area contributed by atoms with Crippen LogP contribution in [0.5, 0.6) is 0 Å². The molecule has 0 saturated heterocycles. The van der Waals surface area contributed by atoms with Crippen LogP contribution in [0, 0.1) is 0 Å². The van der Waals surface area contributed by atoms with Gasteiger partial charge in [0, 0.05) is 18.2 Å². The van der Waals surface area contributed by atoms with Crippen molar-refractivity contribution in [2.24, 2.45) is 0 Å². The normalized spacial score (nSPS) is 14.3. The number of aliphatic hydroxyl groups excluding tert-OH is 2. The number of benzene rings is 1. The van der Waals surface area contributed by atoms with E-state index in [4.69, 9.17) is 21.4 Å². The average molecular weight is 288 g/mol. The Morgan fingerprint density at radius 1 is 1.32 bits per heavy atom. The molecular weight excluding hydrogens is 266 g/mol. The Kier molecular flexibility index (Phi) is 8.02. The predicted octanol–water partition coefficient (Wildman–Crippen LogP) is 1.75. The van der Waals surface area contributed by atoms with Crippen LogP contribution in [0.4, 0.5) is 0 Å². The third-order valence-corrected chi connectivity index (χ3v) is 3.02. The summed E-state index contributed by atoms with van der Waals surface area (Å²) in [6.07, 6.45) is 0.0622. The molecule has 1 rings (SSSR count). The minimum absolute atomic E-state index is 0.0793. The van der Waals surface area contributed by atoms with Crippen molar-refractivity contribution in [1.29, 1.82) is 0 Å². The molecule has 19 heavy (non-hydrogen) atoms. The van der Waals surface area contributed by atoms with Crippen molar-refractivity contribution in [3.8, 4) is 0 Å². The van der Waals surface area contributed by atoms with Crippen molar-refractivity contribution in [3.63, 3.8) is 0 Å². The Morgan fingerprint density at radius 3 is 2.63 bits per heavy atom. The fourth-order valence-electron chi connectivity index (χ4n) is 1.62. The van der Waals surface area contributed by atoms with Gasteiger partial charge in [-0.3, -0.25) is 0 Å². The summed E-state index contributed by atoms with van der Waals surface area (Å²) in [6.45, 7) is 3.53. The van der Waals surface area contributed by atoms with Crippen LogP contribution in [0.25, 0.3) is 0 Å². The van der Waals surface area contributed by atoms with Gasteiger partial charge in [-0.2, -0.15) is 0 Å². The Bertz CT molecular complexity index is 345. The van der Waals surface area contributed by atoms with Gasteiger partial charge in [-0.25, -0.2) is 0 Å². The van der Waals surface area contributed by atoms with Gasteiger partial charge < -0.3 is 20.3 Å². The van der Waals surface area contributed by atoms with Gasteiger partial charge >= 0.3 is 0 Å². The van der Waals surface area contributed by atoms with Gasteiger partial charge in [0.2, 0.25) is 0 Å². The first-order valence-electron chi connectivity index (χ1n) is 6.50. The summed E-state index contributed by atoms with van der Waals surface area (Å²) >= 11 is 5.82. The van der Waals surface area contributed by atoms with Crippen LogP contribution in [0.2, 0.25) is 5.02 Å². The molecule has 0 unspecified atom stereocenters. The van der Waals surface area contributed by atoms with E-state index in [1.165, 1.54) is 0 Å². The van der Waals surface area contributed by atoms with Crippen molar-refractivity contribution < 1.29 is 14.9 Å². The minimum Gasteiger partial charge on any atom is -0.396 e. The maximum atomic E-state index is 9.72. The maximum absolute atomic E-state index is 9.72. The van der Waals surface area contributed by atoms with E-state index in [2.05, 4.69) is 5.32 Å². The third kappa shape index (κ3) is 6.89. The van der Waals surface area contributed by atoms with Crippen LogP contribution in [0.1, 0.15) is 25.0 Å². The van der Waals surface area contributed by atoms with E-state index >= 15 is 0 Å². The Labute approximate surface area is 119 Å². The van der Waals surface area contributed by atoms with E-state index in [1.807, 2.05) is 31.2 Å². The maximum Gasteiger partial charge on any atom is 0.0897 e. The standard InChI is InChI=1S/C14H22ClNO3/c1-11(12-3-5-13(15)6-4-12)19-10-14(18)9-16-7-2-8-17/h3-6,11,14,16-18H,2,7-10H2,1H3/t11-,14-/m1/s1. The first kappa shape index (κ1) is 16.4. The zero-order valence-corrected chi connectivity index (χ0v) is 11.9. The van der Waals surface area contributed by atoms with Gasteiger partial charge in [0.1, 0.15) is 0 Å². The lowest BCUT2D eigenvalue weighted by Gasteiger charge is -2.17. The summed E-state index contributed by atoms with van der Waals surface area (Å²) in [5.41, 5.74) is 1.03. The summed E-state index contributed by atoms with van der Waals surface area (Å²) in [7, 11) is 0. The molecular formula is C14H22ClNO3. The van der Waals surface area contributed by atoms with Crippen molar-refractivity contribution in [2.75, 3.05) is 26.3 Å². The molecule has 2 atom stereocenters. The van der Waals surface area contributed by atoms with Gasteiger partial charge in [0.05, 0.1) is 18.8 Å². The molecule has 0 aromatic heterocycles. The molecule has 0 heterocycles. The second-order valence-corrected chi connectivity index (χ2v) is 4.90. The highest BCUT2D eigenvalue weighted by Gasteiger charge is 2.09. The Hall–Kier alpha value is -0.650. The predicted molar refractivity (Wildman–Crippen MR) is 76.4 cm³/mol. The Morgan fingerprint density at radius 2 is 2.00 bits per heavy atom. The van der Waals surface area contributed by atoms with Crippen LogP contribution in [0.15, 0.2) is 24.3 Å². The van der Waals surface area contributed by atoms with E-state index in [-0.39, 0.29) is 19.3 Å². The Balaban J connectivity index is 2.22. The first-order valence-corrected chi connectivity index (χ1v) is 6.88. The molecule has 5 heteroatoms. The minimum atomic E-state index is -0.548. The van der Waals surface area contributed by atoms with E-state index < -0.39 is 6.10 Å².